The predicted molar refractivity (Wildman–Crippen MR) is 95.5 cm³/mol. The number of carbonyl (C=O) groups excluding carboxylic acids is 2. The maximum atomic E-state index is 12.8. The molecule has 2 aromatic rings. The van der Waals surface area contributed by atoms with E-state index in [2.05, 4.69) is 6.92 Å². The minimum atomic E-state index is -0.399. The smallest absolute Gasteiger partial charge is 0.198 e. The normalized spacial score (nSPS) is 12.7. The molecule has 0 fully saturated rings. The van der Waals surface area contributed by atoms with Crippen LogP contribution in [0.3, 0.4) is 0 Å². The summed E-state index contributed by atoms with van der Waals surface area (Å²) in [4.78, 5) is 25.5. The fourth-order valence-electron chi connectivity index (χ4n) is 3.10. The van der Waals surface area contributed by atoms with E-state index in [-0.39, 0.29) is 39.7 Å². The first-order valence-corrected chi connectivity index (χ1v) is 8.53. The molecule has 0 saturated carbocycles. The maximum Gasteiger partial charge on any atom is 0.198 e. The number of hydrogen-bond donors (Lipinski definition) is 2. The highest BCUT2D eigenvalue weighted by molar-refractivity contribution is 6.31. The van der Waals surface area contributed by atoms with Crippen molar-refractivity contribution in [2.24, 2.45) is 0 Å². The van der Waals surface area contributed by atoms with Gasteiger partial charge in [-0.3, -0.25) is 9.59 Å². The molecule has 0 heterocycles. The molecular formula is C20H21NO4. The topological polar surface area (TPSA) is 89.6 Å². The standard InChI is InChI=1S/C20H21NO4/c1-2-3-4-7-10-25-15-11-14(22)16-17(18(15)21)20(24)13-9-6-5-8-12(13)19(16)23/h5-6,8-9,11,22H,2-4,7,10,21H2,1H3. The van der Waals surface area contributed by atoms with E-state index in [0.717, 1.165) is 25.7 Å². The Balaban J connectivity index is 1.96. The Morgan fingerprint density at radius 2 is 1.64 bits per heavy atom. The van der Waals surface area contributed by atoms with Crippen LogP contribution in [-0.2, 0) is 0 Å². The molecule has 5 heteroatoms. The van der Waals surface area contributed by atoms with Crippen molar-refractivity contribution >= 4 is 17.3 Å². The van der Waals surface area contributed by atoms with Crippen molar-refractivity contribution in [3.63, 3.8) is 0 Å². The lowest BCUT2D eigenvalue weighted by molar-refractivity contribution is 0.0977. The first kappa shape index (κ1) is 17.0. The molecule has 1 aliphatic carbocycles. The number of fused-ring (bicyclic) bond motifs is 2. The van der Waals surface area contributed by atoms with Gasteiger partial charge in [0.2, 0.25) is 0 Å². The van der Waals surface area contributed by atoms with E-state index in [1.165, 1.54) is 6.07 Å². The molecule has 3 rings (SSSR count). The number of anilines is 1. The summed E-state index contributed by atoms with van der Waals surface area (Å²) in [6.45, 7) is 2.57. The highest BCUT2D eigenvalue weighted by Crippen LogP contribution is 2.41. The van der Waals surface area contributed by atoms with Gasteiger partial charge in [0.05, 0.1) is 23.4 Å². The molecule has 0 spiro atoms. The molecule has 130 valence electrons. The molecule has 1 aliphatic rings. The van der Waals surface area contributed by atoms with Crippen LogP contribution in [-0.4, -0.2) is 23.3 Å². The van der Waals surface area contributed by atoms with Crippen LogP contribution in [0.2, 0.25) is 0 Å². The van der Waals surface area contributed by atoms with Crippen LogP contribution in [0.15, 0.2) is 30.3 Å². The predicted octanol–water partition coefficient (Wildman–Crippen LogP) is 3.71. The van der Waals surface area contributed by atoms with E-state index in [0.29, 0.717) is 12.2 Å². The second-order valence-electron chi connectivity index (χ2n) is 6.17. The van der Waals surface area contributed by atoms with E-state index >= 15 is 0 Å². The van der Waals surface area contributed by atoms with Gasteiger partial charge in [-0.05, 0) is 6.42 Å². The molecule has 0 unspecified atom stereocenters. The lowest BCUT2D eigenvalue weighted by Crippen LogP contribution is -2.23. The van der Waals surface area contributed by atoms with Crippen LogP contribution >= 0.6 is 0 Å². The van der Waals surface area contributed by atoms with E-state index in [1.54, 1.807) is 24.3 Å². The number of phenols is 1. The van der Waals surface area contributed by atoms with Crippen LogP contribution in [0.5, 0.6) is 11.5 Å². The van der Waals surface area contributed by atoms with E-state index in [9.17, 15) is 14.7 Å². The highest BCUT2D eigenvalue weighted by Gasteiger charge is 2.35. The minimum Gasteiger partial charge on any atom is -0.507 e. The van der Waals surface area contributed by atoms with Gasteiger partial charge in [0.1, 0.15) is 11.5 Å². The molecule has 0 radical (unpaired) electrons. The monoisotopic (exact) mass is 339 g/mol. The first-order chi connectivity index (χ1) is 12.1. The number of ether oxygens (including phenoxy) is 1. The molecule has 3 N–H and O–H groups in total. The number of hydrogen-bond acceptors (Lipinski definition) is 5. The lowest BCUT2D eigenvalue weighted by Gasteiger charge is -2.21. The molecule has 25 heavy (non-hydrogen) atoms. The van der Waals surface area contributed by atoms with Gasteiger partial charge in [-0.1, -0.05) is 50.5 Å². The van der Waals surface area contributed by atoms with Gasteiger partial charge in [-0.15, -0.1) is 0 Å². The zero-order valence-electron chi connectivity index (χ0n) is 14.2. The minimum absolute atomic E-state index is 0.0345. The van der Waals surface area contributed by atoms with Crippen molar-refractivity contribution in [3.05, 3.63) is 52.6 Å². The van der Waals surface area contributed by atoms with Crippen molar-refractivity contribution in [1.82, 2.24) is 0 Å². The molecule has 0 bridgehead atoms. The third-order valence-electron chi connectivity index (χ3n) is 4.43. The van der Waals surface area contributed by atoms with Crippen molar-refractivity contribution in [2.75, 3.05) is 12.3 Å². The average Bonchev–Trinajstić information content (AvgIpc) is 2.62. The van der Waals surface area contributed by atoms with Gasteiger partial charge in [0, 0.05) is 17.2 Å². The number of rotatable bonds is 6. The summed E-state index contributed by atoms with van der Waals surface area (Å²) in [5.74, 6) is -0.799. The van der Waals surface area contributed by atoms with Gasteiger partial charge in [-0.25, -0.2) is 0 Å². The zero-order valence-corrected chi connectivity index (χ0v) is 14.2. The summed E-state index contributed by atoms with van der Waals surface area (Å²) < 4.78 is 5.65. The Hall–Kier alpha value is -2.82. The third kappa shape index (κ3) is 2.97. The van der Waals surface area contributed by atoms with Crippen molar-refractivity contribution in [1.29, 1.82) is 0 Å². The summed E-state index contributed by atoms with van der Waals surface area (Å²) in [7, 11) is 0. The molecule has 2 aromatic carbocycles. The summed E-state index contributed by atoms with van der Waals surface area (Å²) in [5.41, 5.74) is 6.79. The summed E-state index contributed by atoms with van der Waals surface area (Å²) in [5, 5.41) is 10.3. The van der Waals surface area contributed by atoms with Crippen molar-refractivity contribution in [2.45, 2.75) is 32.6 Å². The summed E-state index contributed by atoms with van der Waals surface area (Å²) in [6, 6.07) is 7.87. The largest absolute Gasteiger partial charge is 0.507 e. The average molecular weight is 339 g/mol. The van der Waals surface area contributed by atoms with Gasteiger partial charge < -0.3 is 15.6 Å². The molecule has 0 aliphatic heterocycles. The first-order valence-electron chi connectivity index (χ1n) is 8.53. The number of carbonyl (C=O) groups is 2. The Morgan fingerprint density at radius 3 is 2.28 bits per heavy atom. The number of unbranched alkanes of at least 4 members (excludes halogenated alkanes) is 3. The number of phenolic OH excluding ortho intramolecular Hbond substituents is 1. The Labute approximate surface area is 146 Å². The van der Waals surface area contributed by atoms with Crippen LogP contribution in [0.1, 0.15) is 64.4 Å². The van der Waals surface area contributed by atoms with Crippen LogP contribution in [0, 0.1) is 0 Å². The second kappa shape index (κ2) is 6.97. The SMILES string of the molecule is CCCCCCOc1cc(O)c2c(c1N)C(=O)c1ccccc1C2=O. The van der Waals surface area contributed by atoms with Gasteiger partial charge in [-0.2, -0.15) is 0 Å². The molecule has 0 amide bonds. The maximum absolute atomic E-state index is 12.8. The second-order valence-corrected chi connectivity index (χ2v) is 6.17. The molecule has 0 atom stereocenters. The molecule has 0 aromatic heterocycles. The van der Waals surface area contributed by atoms with Crippen molar-refractivity contribution < 1.29 is 19.4 Å². The van der Waals surface area contributed by atoms with E-state index in [1.807, 2.05) is 0 Å². The van der Waals surface area contributed by atoms with Crippen LogP contribution < -0.4 is 10.5 Å². The van der Waals surface area contributed by atoms with Crippen molar-refractivity contribution in [3.8, 4) is 11.5 Å². The van der Waals surface area contributed by atoms with Crippen LogP contribution in [0.25, 0.3) is 0 Å². The zero-order chi connectivity index (χ0) is 18.0. The molecular weight excluding hydrogens is 318 g/mol. The lowest BCUT2D eigenvalue weighted by atomic mass is 9.82. The number of ketones is 2. The van der Waals surface area contributed by atoms with Gasteiger partial charge in [0.25, 0.3) is 0 Å². The van der Waals surface area contributed by atoms with Crippen LogP contribution in [0.4, 0.5) is 5.69 Å². The number of nitrogens with two attached hydrogens (primary N) is 1. The fourth-order valence-corrected chi connectivity index (χ4v) is 3.10. The Bertz CT molecular complexity index is 842. The highest BCUT2D eigenvalue weighted by atomic mass is 16.5. The number of benzene rings is 2. The van der Waals surface area contributed by atoms with E-state index < -0.39 is 5.78 Å². The summed E-state index contributed by atoms with van der Waals surface area (Å²) >= 11 is 0. The Morgan fingerprint density at radius 1 is 1.00 bits per heavy atom. The number of aromatic hydroxyl groups is 1. The van der Waals surface area contributed by atoms with E-state index in [4.69, 9.17) is 10.5 Å². The molecule has 0 saturated heterocycles. The summed E-state index contributed by atoms with van der Waals surface area (Å²) in [6.07, 6.45) is 4.15. The van der Waals surface area contributed by atoms with Gasteiger partial charge >= 0.3 is 0 Å². The quantitative estimate of drug-likeness (QED) is 0.406. The Kier molecular flexibility index (Phi) is 4.74. The number of nitrogen functional groups attached to an aromatic ring is 1. The van der Waals surface area contributed by atoms with Gasteiger partial charge in [0.15, 0.2) is 11.6 Å². The molecule has 5 nitrogen and oxygen atoms in total. The third-order valence-corrected chi connectivity index (χ3v) is 4.43. The fraction of sp³-hybridized carbons (Fsp3) is 0.300.